The smallest absolute Gasteiger partial charge is 0.256 e. The average Bonchev–Trinajstić information content (AvgIpc) is 3.27. The minimum Gasteiger partial charge on any atom is -0.339 e. The molecule has 33 heavy (non-hydrogen) atoms. The van der Waals surface area contributed by atoms with Gasteiger partial charge in [-0.05, 0) is 48.4 Å². The van der Waals surface area contributed by atoms with Gasteiger partial charge in [-0.1, -0.05) is 72.8 Å². The van der Waals surface area contributed by atoms with Gasteiger partial charge < -0.3 is 4.90 Å². The highest BCUT2D eigenvalue weighted by atomic mass is 16.2. The van der Waals surface area contributed by atoms with E-state index in [0.29, 0.717) is 17.2 Å². The number of hydrogen-bond acceptors (Lipinski definition) is 3. The predicted octanol–water partition coefficient (Wildman–Crippen LogP) is 4.92. The fourth-order valence-corrected chi connectivity index (χ4v) is 4.71. The zero-order valence-corrected chi connectivity index (χ0v) is 18.6. The lowest BCUT2D eigenvalue weighted by atomic mass is 9.90. The summed E-state index contributed by atoms with van der Waals surface area (Å²) in [5.74, 6) is 0.445. The van der Waals surface area contributed by atoms with Crippen LogP contribution in [0.25, 0.3) is 0 Å². The second-order valence-corrected chi connectivity index (χ2v) is 8.74. The molecule has 0 bridgehead atoms. The Morgan fingerprint density at radius 1 is 0.848 bits per heavy atom. The molecule has 166 valence electrons. The number of anilines is 1. The molecular weight excluding hydrogens is 410 g/mol. The third-order valence-corrected chi connectivity index (χ3v) is 6.51. The maximum atomic E-state index is 13.4. The molecule has 2 amide bonds. The highest BCUT2D eigenvalue weighted by molar-refractivity contribution is 6.20. The molecule has 2 heterocycles. The molecule has 0 unspecified atom stereocenters. The maximum absolute atomic E-state index is 13.4. The Bertz CT molecular complexity index is 1170. The Balaban J connectivity index is 1.31. The Labute approximate surface area is 194 Å². The quantitative estimate of drug-likeness (QED) is 0.569. The molecule has 0 aromatic heterocycles. The first-order chi connectivity index (χ1) is 16.2. The number of rotatable bonds is 5. The van der Waals surface area contributed by atoms with Crippen LogP contribution in [0.4, 0.5) is 5.69 Å². The summed E-state index contributed by atoms with van der Waals surface area (Å²) in [5, 5.41) is 5.99. The van der Waals surface area contributed by atoms with Crippen molar-refractivity contribution in [3.05, 3.63) is 102 Å². The highest BCUT2D eigenvalue weighted by Crippen LogP contribution is 2.29. The molecule has 2 aliphatic heterocycles. The van der Waals surface area contributed by atoms with Crippen molar-refractivity contribution in [1.29, 1.82) is 0 Å². The molecule has 2 aliphatic rings. The minimum atomic E-state index is -0.115. The van der Waals surface area contributed by atoms with Crippen LogP contribution >= 0.6 is 0 Å². The molecule has 1 fully saturated rings. The van der Waals surface area contributed by atoms with Crippen molar-refractivity contribution in [2.75, 3.05) is 18.1 Å². The molecule has 3 aromatic carbocycles. The van der Waals surface area contributed by atoms with Crippen molar-refractivity contribution >= 4 is 23.2 Å². The van der Waals surface area contributed by atoms with Crippen LogP contribution in [0.5, 0.6) is 0 Å². The van der Waals surface area contributed by atoms with Gasteiger partial charge in [-0.25, -0.2) is 0 Å². The van der Waals surface area contributed by atoms with Gasteiger partial charge in [-0.3, -0.25) is 9.59 Å². The van der Waals surface area contributed by atoms with E-state index < -0.39 is 0 Å². The molecule has 0 aliphatic carbocycles. The van der Waals surface area contributed by atoms with Gasteiger partial charge in [0.15, 0.2) is 0 Å². The predicted molar refractivity (Wildman–Crippen MR) is 130 cm³/mol. The van der Waals surface area contributed by atoms with Crippen LogP contribution in [0, 0.1) is 5.92 Å². The standard InChI is InChI=1S/C28H27N3O2/c32-27-20-25(23-11-5-2-6-12-23)29-31(27)26-14-8-7-13-24(26)28(33)30-17-15-22(16-18-30)19-21-9-3-1-4-10-21/h1-14,22H,15-20H2. The van der Waals surface area contributed by atoms with Gasteiger partial charge in [-0.2, -0.15) is 10.1 Å². The Hall–Kier alpha value is -3.73. The fraction of sp³-hybridized carbons (Fsp3) is 0.250. The number of amides is 2. The average molecular weight is 438 g/mol. The summed E-state index contributed by atoms with van der Waals surface area (Å²) in [6.45, 7) is 1.47. The molecular formula is C28H27N3O2. The molecule has 5 heteroatoms. The van der Waals surface area contributed by atoms with Crippen LogP contribution in [0.3, 0.4) is 0 Å². The molecule has 5 nitrogen and oxygen atoms in total. The van der Waals surface area contributed by atoms with Crippen molar-refractivity contribution in [3.63, 3.8) is 0 Å². The number of piperidine rings is 1. The van der Waals surface area contributed by atoms with E-state index >= 15 is 0 Å². The third kappa shape index (κ3) is 4.58. The lowest BCUT2D eigenvalue weighted by Gasteiger charge is -2.32. The van der Waals surface area contributed by atoms with Gasteiger partial charge in [0.05, 0.1) is 23.4 Å². The molecule has 1 saturated heterocycles. The molecule has 5 rings (SSSR count). The summed E-state index contributed by atoms with van der Waals surface area (Å²) in [5.41, 5.74) is 4.10. The van der Waals surface area contributed by atoms with E-state index in [1.165, 1.54) is 10.6 Å². The molecule has 0 radical (unpaired) electrons. The van der Waals surface area contributed by atoms with Crippen molar-refractivity contribution in [1.82, 2.24) is 4.90 Å². The van der Waals surface area contributed by atoms with Crippen molar-refractivity contribution < 1.29 is 9.59 Å². The lowest BCUT2D eigenvalue weighted by Crippen LogP contribution is -2.39. The second-order valence-electron chi connectivity index (χ2n) is 8.74. The normalized spacial score (nSPS) is 16.7. The summed E-state index contributed by atoms with van der Waals surface area (Å²) < 4.78 is 0. The molecule has 0 saturated carbocycles. The second kappa shape index (κ2) is 9.41. The van der Waals surface area contributed by atoms with E-state index in [4.69, 9.17) is 0 Å². The molecule has 0 N–H and O–H groups in total. The zero-order valence-electron chi connectivity index (χ0n) is 18.6. The van der Waals surface area contributed by atoms with E-state index in [0.717, 1.165) is 43.6 Å². The van der Waals surface area contributed by atoms with Gasteiger partial charge in [0.1, 0.15) is 0 Å². The van der Waals surface area contributed by atoms with Gasteiger partial charge in [0, 0.05) is 13.1 Å². The van der Waals surface area contributed by atoms with Crippen LogP contribution in [0.15, 0.2) is 90.0 Å². The van der Waals surface area contributed by atoms with E-state index in [-0.39, 0.29) is 18.2 Å². The number of hydrogen-bond donors (Lipinski definition) is 0. The molecule has 0 atom stereocenters. The van der Waals surface area contributed by atoms with E-state index in [1.54, 1.807) is 6.07 Å². The first kappa shape index (κ1) is 21.1. The van der Waals surface area contributed by atoms with Crippen LogP contribution in [0.1, 0.15) is 40.7 Å². The number of likely N-dealkylation sites (tertiary alicyclic amines) is 1. The summed E-state index contributed by atoms with van der Waals surface area (Å²) in [4.78, 5) is 28.2. The number of carbonyl (C=O) groups is 2. The Morgan fingerprint density at radius 2 is 1.48 bits per heavy atom. The van der Waals surface area contributed by atoms with Gasteiger partial charge in [0.2, 0.25) is 0 Å². The van der Waals surface area contributed by atoms with Crippen LogP contribution in [-0.4, -0.2) is 35.5 Å². The first-order valence-corrected chi connectivity index (χ1v) is 11.6. The number of hydrazone groups is 1. The fourth-order valence-electron chi connectivity index (χ4n) is 4.71. The lowest BCUT2D eigenvalue weighted by molar-refractivity contribution is -0.116. The Morgan fingerprint density at radius 3 is 2.21 bits per heavy atom. The number of benzene rings is 3. The summed E-state index contributed by atoms with van der Waals surface area (Å²) >= 11 is 0. The summed E-state index contributed by atoms with van der Waals surface area (Å²) in [6, 6.07) is 27.6. The summed E-state index contributed by atoms with van der Waals surface area (Å²) in [6.07, 6.45) is 3.26. The van der Waals surface area contributed by atoms with Gasteiger partial charge in [0.25, 0.3) is 11.8 Å². The molecule has 0 spiro atoms. The zero-order chi connectivity index (χ0) is 22.6. The number of carbonyl (C=O) groups excluding carboxylic acids is 2. The van der Waals surface area contributed by atoms with Crippen LogP contribution < -0.4 is 5.01 Å². The van der Waals surface area contributed by atoms with E-state index in [9.17, 15) is 9.59 Å². The van der Waals surface area contributed by atoms with E-state index in [2.05, 4.69) is 29.4 Å². The van der Waals surface area contributed by atoms with Crippen LogP contribution in [-0.2, 0) is 11.2 Å². The third-order valence-electron chi connectivity index (χ3n) is 6.51. The molecule has 3 aromatic rings. The van der Waals surface area contributed by atoms with Crippen LogP contribution in [0.2, 0.25) is 0 Å². The maximum Gasteiger partial charge on any atom is 0.256 e. The monoisotopic (exact) mass is 437 g/mol. The minimum absolute atomic E-state index is 0.0278. The number of nitrogens with zero attached hydrogens (tertiary/aromatic N) is 3. The largest absolute Gasteiger partial charge is 0.339 e. The van der Waals surface area contributed by atoms with E-state index in [1.807, 2.05) is 59.5 Å². The number of para-hydroxylation sites is 1. The van der Waals surface area contributed by atoms with Gasteiger partial charge in [-0.15, -0.1) is 0 Å². The summed E-state index contributed by atoms with van der Waals surface area (Å²) in [7, 11) is 0. The topological polar surface area (TPSA) is 53.0 Å². The highest BCUT2D eigenvalue weighted by Gasteiger charge is 2.31. The Kier molecular flexibility index (Phi) is 6.03. The van der Waals surface area contributed by atoms with Crippen molar-refractivity contribution in [3.8, 4) is 0 Å². The van der Waals surface area contributed by atoms with Crippen molar-refractivity contribution in [2.45, 2.75) is 25.7 Å². The van der Waals surface area contributed by atoms with Gasteiger partial charge >= 0.3 is 0 Å². The first-order valence-electron chi connectivity index (χ1n) is 11.6. The SMILES string of the molecule is O=C(c1ccccc1N1N=C(c2ccccc2)CC1=O)N1CCC(Cc2ccccc2)CC1. The van der Waals surface area contributed by atoms with Crippen molar-refractivity contribution in [2.24, 2.45) is 11.0 Å².